The molecule has 0 radical (unpaired) electrons. The highest BCUT2D eigenvalue weighted by Gasteiger charge is 2.24. The fourth-order valence-electron chi connectivity index (χ4n) is 2.61. The minimum absolute atomic E-state index is 0.672. The molecule has 2 aliphatic rings. The second kappa shape index (κ2) is 5.77. The minimum atomic E-state index is 0.672. The molecular formula is C14H24N4S. The fourth-order valence-corrected chi connectivity index (χ4v) is 3.47. The fraction of sp³-hybridized carbons (Fsp3) is 0.786. The van der Waals surface area contributed by atoms with Crippen LogP contribution in [0, 0.1) is 0 Å². The first-order chi connectivity index (χ1) is 9.22. The van der Waals surface area contributed by atoms with Gasteiger partial charge in [-0.25, -0.2) is 4.98 Å². The number of likely N-dealkylation sites (N-methyl/N-ethyl adjacent to an activating group) is 1. The van der Waals surface area contributed by atoms with Crippen molar-refractivity contribution in [2.24, 2.45) is 0 Å². The normalized spacial score (nSPS) is 24.2. The summed E-state index contributed by atoms with van der Waals surface area (Å²) in [4.78, 5) is 9.59. The van der Waals surface area contributed by atoms with Gasteiger partial charge in [0.05, 0.1) is 5.69 Å². The lowest BCUT2D eigenvalue weighted by Gasteiger charge is -2.35. The Balaban J connectivity index is 1.57. The van der Waals surface area contributed by atoms with E-state index in [1.807, 2.05) is 0 Å². The summed E-state index contributed by atoms with van der Waals surface area (Å²) in [6, 6.07) is 1.43. The molecule has 1 saturated carbocycles. The topological polar surface area (TPSA) is 31.4 Å². The lowest BCUT2D eigenvalue weighted by molar-refractivity contribution is 0.258. The number of hydrogen-bond donors (Lipinski definition) is 1. The minimum Gasteiger partial charge on any atom is -0.347 e. The van der Waals surface area contributed by atoms with Gasteiger partial charge < -0.3 is 15.1 Å². The van der Waals surface area contributed by atoms with Crippen molar-refractivity contribution in [2.45, 2.75) is 44.3 Å². The van der Waals surface area contributed by atoms with Gasteiger partial charge in [0.1, 0.15) is 0 Å². The van der Waals surface area contributed by atoms with E-state index in [0.717, 1.165) is 25.7 Å². The third-order valence-electron chi connectivity index (χ3n) is 4.09. The number of nitrogens with one attached hydrogen (secondary N) is 1. The summed E-state index contributed by atoms with van der Waals surface area (Å²) < 4.78 is 0. The van der Waals surface area contributed by atoms with Crippen molar-refractivity contribution < 1.29 is 0 Å². The number of nitrogens with zero attached hydrogens (tertiary/aromatic N) is 3. The van der Waals surface area contributed by atoms with E-state index in [0.29, 0.717) is 6.04 Å². The van der Waals surface area contributed by atoms with Crippen LogP contribution in [0.15, 0.2) is 5.38 Å². The maximum absolute atomic E-state index is 4.79. The van der Waals surface area contributed by atoms with Gasteiger partial charge in [0.15, 0.2) is 5.13 Å². The van der Waals surface area contributed by atoms with Crippen molar-refractivity contribution in [2.75, 3.05) is 32.1 Å². The number of piperidine rings is 1. The zero-order chi connectivity index (χ0) is 13.2. The molecule has 0 amide bonds. The van der Waals surface area contributed by atoms with Gasteiger partial charge in [-0.2, -0.15) is 0 Å². The number of thiazole rings is 1. The van der Waals surface area contributed by atoms with Gasteiger partial charge in [-0.05, 0) is 39.8 Å². The zero-order valence-electron chi connectivity index (χ0n) is 11.9. The standard InChI is InChI=1S/C14H24N4S/c1-17(2)13-4-3-7-18(9-13)14-16-12(10-19-14)8-15-11-5-6-11/h10-11,13,15H,3-9H2,1-2H3. The van der Waals surface area contributed by atoms with Crippen molar-refractivity contribution in [1.82, 2.24) is 15.2 Å². The largest absolute Gasteiger partial charge is 0.347 e. The van der Waals surface area contributed by atoms with Gasteiger partial charge in [-0.15, -0.1) is 11.3 Å². The van der Waals surface area contributed by atoms with Crippen LogP contribution in [0.2, 0.25) is 0 Å². The van der Waals surface area contributed by atoms with Gasteiger partial charge in [0, 0.05) is 37.1 Å². The van der Waals surface area contributed by atoms with Crippen molar-refractivity contribution in [1.29, 1.82) is 0 Å². The molecule has 4 nitrogen and oxygen atoms in total. The number of anilines is 1. The maximum Gasteiger partial charge on any atom is 0.185 e. The summed E-state index contributed by atoms with van der Waals surface area (Å²) in [5, 5.41) is 6.95. The second-order valence-electron chi connectivity index (χ2n) is 5.98. The van der Waals surface area contributed by atoms with Crippen LogP contribution < -0.4 is 10.2 Å². The van der Waals surface area contributed by atoms with Crippen LogP contribution in [-0.4, -0.2) is 49.2 Å². The molecule has 0 aromatic carbocycles. The smallest absolute Gasteiger partial charge is 0.185 e. The monoisotopic (exact) mass is 280 g/mol. The molecule has 1 aromatic heterocycles. The molecular weight excluding hydrogens is 256 g/mol. The van der Waals surface area contributed by atoms with E-state index in [9.17, 15) is 0 Å². The lowest BCUT2D eigenvalue weighted by Crippen LogP contribution is -2.45. The summed E-state index contributed by atoms with van der Waals surface area (Å²) in [7, 11) is 4.36. The average molecular weight is 280 g/mol. The Bertz CT molecular complexity index is 413. The Labute approximate surface area is 119 Å². The quantitative estimate of drug-likeness (QED) is 0.893. The molecule has 2 fully saturated rings. The Morgan fingerprint density at radius 2 is 2.26 bits per heavy atom. The Morgan fingerprint density at radius 1 is 1.42 bits per heavy atom. The van der Waals surface area contributed by atoms with Crippen LogP contribution in [0.3, 0.4) is 0 Å². The third-order valence-corrected chi connectivity index (χ3v) is 5.04. The predicted molar refractivity (Wildman–Crippen MR) is 80.9 cm³/mol. The first kappa shape index (κ1) is 13.3. The molecule has 3 rings (SSSR count). The first-order valence-electron chi connectivity index (χ1n) is 7.31. The van der Waals surface area contributed by atoms with Crippen LogP contribution in [0.1, 0.15) is 31.4 Å². The van der Waals surface area contributed by atoms with Gasteiger partial charge in [-0.3, -0.25) is 0 Å². The summed E-state index contributed by atoms with van der Waals surface area (Å²) in [5.41, 5.74) is 1.21. The van der Waals surface area contributed by atoms with E-state index in [1.54, 1.807) is 11.3 Å². The van der Waals surface area contributed by atoms with Crippen molar-refractivity contribution >= 4 is 16.5 Å². The molecule has 2 heterocycles. The molecule has 0 bridgehead atoms. The number of rotatable bonds is 5. The molecule has 1 aliphatic carbocycles. The second-order valence-corrected chi connectivity index (χ2v) is 6.82. The van der Waals surface area contributed by atoms with E-state index in [2.05, 4.69) is 34.6 Å². The molecule has 1 aliphatic heterocycles. The molecule has 1 atom stereocenters. The van der Waals surface area contributed by atoms with Crippen LogP contribution >= 0.6 is 11.3 Å². The van der Waals surface area contributed by atoms with Crippen molar-refractivity contribution in [3.05, 3.63) is 11.1 Å². The first-order valence-corrected chi connectivity index (χ1v) is 8.19. The van der Waals surface area contributed by atoms with Crippen molar-refractivity contribution in [3.63, 3.8) is 0 Å². The summed E-state index contributed by atoms with van der Waals surface area (Å²) in [5.74, 6) is 0. The molecule has 1 aromatic rings. The van der Waals surface area contributed by atoms with Gasteiger partial charge >= 0.3 is 0 Å². The molecule has 1 saturated heterocycles. The highest BCUT2D eigenvalue weighted by atomic mass is 32.1. The van der Waals surface area contributed by atoms with Crippen LogP contribution in [0.25, 0.3) is 0 Å². The Morgan fingerprint density at radius 3 is 3.00 bits per heavy atom. The van der Waals surface area contributed by atoms with E-state index < -0.39 is 0 Å². The van der Waals surface area contributed by atoms with E-state index in [-0.39, 0.29) is 0 Å². The van der Waals surface area contributed by atoms with Gasteiger partial charge in [0.25, 0.3) is 0 Å². The lowest BCUT2D eigenvalue weighted by atomic mass is 10.1. The maximum atomic E-state index is 4.79. The summed E-state index contributed by atoms with van der Waals surface area (Å²) >= 11 is 1.80. The molecule has 19 heavy (non-hydrogen) atoms. The van der Waals surface area contributed by atoms with Crippen LogP contribution in [0.5, 0.6) is 0 Å². The Hall–Kier alpha value is -0.650. The molecule has 0 spiro atoms. The molecule has 1 unspecified atom stereocenters. The van der Waals surface area contributed by atoms with Crippen LogP contribution in [-0.2, 0) is 6.54 Å². The summed E-state index contributed by atoms with van der Waals surface area (Å²) in [6.45, 7) is 3.22. The van der Waals surface area contributed by atoms with E-state index in [1.165, 1.54) is 36.5 Å². The highest BCUT2D eigenvalue weighted by Crippen LogP contribution is 2.26. The predicted octanol–water partition coefficient (Wildman–Crippen LogP) is 1.93. The van der Waals surface area contributed by atoms with E-state index in [4.69, 9.17) is 4.98 Å². The molecule has 1 N–H and O–H groups in total. The third kappa shape index (κ3) is 3.46. The van der Waals surface area contributed by atoms with Gasteiger partial charge in [0.2, 0.25) is 0 Å². The SMILES string of the molecule is CN(C)C1CCCN(c2nc(CNC3CC3)cs2)C1. The van der Waals surface area contributed by atoms with Gasteiger partial charge in [-0.1, -0.05) is 0 Å². The molecule has 5 heteroatoms. The number of hydrogen-bond acceptors (Lipinski definition) is 5. The Kier molecular flexibility index (Phi) is 4.05. The zero-order valence-corrected chi connectivity index (χ0v) is 12.7. The van der Waals surface area contributed by atoms with Crippen LogP contribution in [0.4, 0.5) is 5.13 Å². The van der Waals surface area contributed by atoms with Crippen molar-refractivity contribution in [3.8, 4) is 0 Å². The number of aromatic nitrogens is 1. The summed E-state index contributed by atoms with van der Waals surface area (Å²) in [6.07, 6.45) is 5.27. The highest BCUT2D eigenvalue weighted by molar-refractivity contribution is 7.13. The molecule has 106 valence electrons. The van der Waals surface area contributed by atoms with E-state index >= 15 is 0 Å². The average Bonchev–Trinajstić information content (AvgIpc) is 3.13.